The molecule has 0 bridgehead atoms. The van der Waals surface area contributed by atoms with Crippen molar-refractivity contribution in [1.29, 1.82) is 5.26 Å². The van der Waals surface area contributed by atoms with E-state index in [1.807, 2.05) is 0 Å². The van der Waals surface area contributed by atoms with E-state index in [2.05, 4.69) is 31.2 Å². The molecule has 2 heteroatoms. The van der Waals surface area contributed by atoms with E-state index in [-0.39, 0.29) is 0 Å². The Morgan fingerprint density at radius 2 is 2.11 bits per heavy atom. The Morgan fingerprint density at radius 3 is 2.89 bits per heavy atom. The fourth-order valence-electron chi connectivity index (χ4n) is 2.82. The summed E-state index contributed by atoms with van der Waals surface area (Å²) in [5.74, 6) is 0. The molecule has 0 amide bonds. The molecule has 0 atom stereocenters. The van der Waals surface area contributed by atoms with Crippen LogP contribution in [0.2, 0.25) is 0 Å². The van der Waals surface area contributed by atoms with Gasteiger partial charge in [-0.1, -0.05) is 13.0 Å². The predicted octanol–water partition coefficient (Wildman–Crippen LogP) is 3.55. The fraction of sp³-hybridized carbons (Fsp3) is 0.375. The van der Waals surface area contributed by atoms with E-state index in [0.717, 1.165) is 41.4 Å². The van der Waals surface area contributed by atoms with Crippen LogP contribution in [0.4, 0.5) is 0 Å². The number of fused-ring (bicyclic) bond motifs is 2. The molecular formula is C16H16N2. The van der Waals surface area contributed by atoms with Crippen LogP contribution in [0, 0.1) is 11.3 Å². The summed E-state index contributed by atoms with van der Waals surface area (Å²) in [5, 5.41) is 10.5. The first kappa shape index (κ1) is 11.2. The number of rotatable bonds is 1. The summed E-state index contributed by atoms with van der Waals surface area (Å²) in [6.07, 6.45) is 5.41. The Balaban J connectivity index is 2.35. The molecule has 0 unspecified atom stereocenters. The summed E-state index contributed by atoms with van der Waals surface area (Å²) in [4.78, 5) is 4.75. The molecule has 90 valence electrons. The quantitative estimate of drug-likeness (QED) is 0.759. The molecule has 0 saturated carbocycles. The number of aromatic nitrogens is 1. The third kappa shape index (κ3) is 1.67. The Bertz CT molecular complexity index is 650. The van der Waals surface area contributed by atoms with E-state index in [0.29, 0.717) is 0 Å². The van der Waals surface area contributed by atoms with Crippen LogP contribution in [-0.4, -0.2) is 4.98 Å². The first-order valence-corrected chi connectivity index (χ1v) is 6.68. The number of benzene rings is 1. The molecule has 1 aliphatic carbocycles. The van der Waals surface area contributed by atoms with E-state index < -0.39 is 0 Å². The van der Waals surface area contributed by atoms with Crippen LogP contribution in [-0.2, 0) is 19.3 Å². The molecule has 0 aliphatic heterocycles. The largest absolute Gasteiger partial charge is 0.252 e. The monoisotopic (exact) mass is 236 g/mol. The van der Waals surface area contributed by atoms with Crippen molar-refractivity contribution in [3.8, 4) is 6.07 Å². The highest BCUT2D eigenvalue weighted by atomic mass is 14.7. The average Bonchev–Trinajstić information content (AvgIpc) is 2.44. The minimum absolute atomic E-state index is 0.866. The van der Waals surface area contributed by atoms with Crippen molar-refractivity contribution in [1.82, 2.24) is 4.98 Å². The van der Waals surface area contributed by atoms with Gasteiger partial charge in [0.1, 0.15) is 6.07 Å². The standard InChI is InChI=1S/C16H16N2/c1-2-11-7-8-16-13(9-11)14(10-17)12-5-3-4-6-15(12)18-16/h7-9H,2-6H2,1H3. The lowest BCUT2D eigenvalue weighted by molar-refractivity contribution is 0.670. The second-order valence-electron chi connectivity index (χ2n) is 4.94. The first-order chi connectivity index (χ1) is 8.83. The molecule has 18 heavy (non-hydrogen) atoms. The van der Waals surface area contributed by atoms with Gasteiger partial charge >= 0.3 is 0 Å². The number of aryl methyl sites for hydroxylation is 2. The van der Waals surface area contributed by atoms with Crippen molar-refractivity contribution in [2.24, 2.45) is 0 Å². The molecule has 0 N–H and O–H groups in total. The molecule has 2 aromatic rings. The van der Waals surface area contributed by atoms with Crippen LogP contribution in [0.3, 0.4) is 0 Å². The Labute approximate surface area is 107 Å². The zero-order valence-electron chi connectivity index (χ0n) is 10.7. The number of hydrogen-bond donors (Lipinski definition) is 0. The second-order valence-corrected chi connectivity index (χ2v) is 4.94. The number of pyridine rings is 1. The van der Waals surface area contributed by atoms with E-state index in [1.165, 1.54) is 24.0 Å². The molecule has 2 nitrogen and oxygen atoms in total. The summed E-state index contributed by atoms with van der Waals surface area (Å²) in [5.41, 5.74) is 5.46. The van der Waals surface area contributed by atoms with Gasteiger partial charge in [-0.25, -0.2) is 0 Å². The minimum Gasteiger partial charge on any atom is -0.252 e. The van der Waals surface area contributed by atoms with Gasteiger partial charge in [-0.3, -0.25) is 4.98 Å². The van der Waals surface area contributed by atoms with Gasteiger partial charge in [0.15, 0.2) is 0 Å². The lowest BCUT2D eigenvalue weighted by Gasteiger charge is -2.17. The maximum absolute atomic E-state index is 9.48. The van der Waals surface area contributed by atoms with Gasteiger partial charge in [0.2, 0.25) is 0 Å². The molecule has 1 aliphatic rings. The second kappa shape index (κ2) is 4.42. The Hall–Kier alpha value is -1.88. The van der Waals surface area contributed by atoms with Gasteiger partial charge in [-0.05, 0) is 55.4 Å². The normalized spacial score (nSPS) is 14.2. The first-order valence-electron chi connectivity index (χ1n) is 6.68. The van der Waals surface area contributed by atoms with E-state index in [9.17, 15) is 5.26 Å². The van der Waals surface area contributed by atoms with Crippen LogP contribution < -0.4 is 0 Å². The third-order valence-corrected chi connectivity index (χ3v) is 3.85. The number of nitrogens with zero attached hydrogens (tertiary/aromatic N) is 2. The molecule has 0 saturated heterocycles. The van der Waals surface area contributed by atoms with Crippen molar-refractivity contribution in [2.45, 2.75) is 39.0 Å². The summed E-state index contributed by atoms with van der Waals surface area (Å²) >= 11 is 0. The number of nitriles is 1. The van der Waals surface area contributed by atoms with Crippen molar-refractivity contribution in [3.63, 3.8) is 0 Å². The van der Waals surface area contributed by atoms with Crippen LogP contribution in [0.5, 0.6) is 0 Å². The average molecular weight is 236 g/mol. The van der Waals surface area contributed by atoms with Crippen LogP contribution >= 0.6 is 0 Å². The lowest BCUT2D eigenvalue weighted by atomic mass is 9.90. The molecular weight excluding hydrogens is 220 g/mol. The zero-order valence-corrected chi connectivity index (χ0v) is 10.7. The maximum Gasteiger partial charge on any atom is 0.100 e. The topological polar surface area (TPSA) is 36.7 Å². The summed E-state index contributed by atoms with van der Waals surface area (Å²) in [6.45, 7) is 2.14. The molecule has 0 fully saturated rings. The molecule has 1 aromatic heterocycles. The number of hydrogen-bond acceptors (Lipinski definition) is 2. The highest BCUT2D eigenvalue weighted by Crippen LogP contribution is 2.29. The Kier molecular flexibility index (Phi) is 2.76. The van der Waals surface area contributed by atoms with Crippen molar-refractivity contribution < 1.29 is 0 Å². The lowest BCUT2D eigenvalue weighted by Crippen LogP contribution is -2.08. The van der Waals surface area contributed by atoms with E-state index >= 15 is 0 Å². The van der Waals surface area contributed by atoms with E-state index in [1.54, 1.807) is 0 Å². The van der Waals surface area contributed by atoms with Gasteiger partial charge in [0.25, 0.3) is 0 Å². The molecule has 0 radical (unpaired) electrons. The molecule has 1 heterocycles. The van der Waals surface area contributed by atoms with Gasteiger partial charge < -0.3 is 0 Å². The van der Waals surface area contributed by atoms with Gasteiger partial charge in [0.05, 0.1) is 11.1 Å². The fourth-order valence-corrected chi connectivity index (χ4v) is 2.82. The maximum atomic E-state index is 9.48. The van der Waals surface area contributed by atoms with Gasteiger partial charge in [-0.2, -0.15) is 5.26 Å². The Morgan fingerprint density at radius 1 is 1.28 bits per heavy atom. The van der Waals surface area contributed by atoms with Crippen LogP contribution in [0.25, 0.3) is 10.9 Å². The highest BCUT2D eigenvalue weighted by Gasteiger charge is 2.17. The molecule has 0 spiro atoms. The SMILES string of the molecule is CCc1ccc2nc3c(c(C#N)c2c1)CCCC3. The minimum atomic E-state index is 0.866. The molecule has 1 aromatic carbocycles. The third-order valence-electron chi connectivity index (χ3n) is 3.85. The van der Waals surface area contributed by atoms with Crippen molar-refractivity contribution in [3.05, 3.63) is 40.6 Å². The summed E-state index contributed by atoms with van der Waals surface area (Å²) < 4.78 is 0. The van der Waals surface area contributed by atoms with Crippen molar-refractivity contribution in [2.75, 3.05) is 0 Å². The van der Waals surface area contributed by atoms with Crippen molar-refractivity contribution >= 4 is 10.9 Å². The predicted molar refractivity (Wildman–Crippen MR) is 72.5 cm³/mol. The zero-order chi connectivity index (χ0) is 12.5. The highest BCUT2D eigenvalue weighted by molar-refractivity contribution is 5.87. The van der Waals surface area contributed by atoms with E-state index in [4.69, 9.17) is 4.98 Å². The van der Waals surface area contributed by atoms with Gasteiger partial charge in [0, 0.05) is 11.1 Å². The molecule has 3 rings (SSSR count). The smallest absolute Gasteiger partial charge is 0.100 e. The van der Waals surface area contributed by atoms with Crippen LogP contribution in [0.15, 0.2) is 18.2 Å². The van der Waals surface area contributed by atoms with Crippen LogP contribution in [0.1, 0.15) is 42.1 Å². The summed E-state index contributed by atoms with van der Waals surface area (Å²) in [7, 11) is 0. The van der Waals surface area contributed by atoms with Gasteiger partial charge in [-0.15, -0.1) is 0 Å². The summed E-state index contributed by atoms with van der Waals surface area (Å²) in [6, 6.07) is 8.72.